The van der Waals surface area contributed by atoms with Gasteiger partial charge in [0.2, 0.25) is 5.52 Å². The summed E-state index contributed by atoms with van der Waals surface area (Å²) in [5.74, 6) is 1.15. The van der Waals surface area contributed by atoms with Crippen LogP contribution in [0.4, 0.5) is 17.3 Å². The van der Waals surface area contributed by atoms with Gasteiger partial charge in [-0.2, -0.15) is 4.57 Å². The van der Waals surface area contributed by atoms with Crippen molar-refractivity contribution in [3.8, 4) is 0 Å². The largest absolute Gasteiger partial charge is 0.673 e. The summed E-state index contributed by atoms with van der Waals surface area (Å²) < 4.78 is 44.2. The van der Waals surface area contributed by atoms with Gasteiger partial charge in [-0.3, -0.25) is 0 Å². The SMILES string of the molecule is CCSc1sc2ccccc2[n+]1CC.F[B-](F)(F)F. The minimum atomic E-state index is -6.00. The van der Waals surface area contributed by atoms with Gasteiger partial charge >= 0.3 is 7.25 Å². The van der Waals surface area contributed by atoms with Crippen molar-refractivity contribution in [2.75, 3.05) is 5.75 Å². The Balaban J connectivity index is 0.000000312. The number of aromatic nitrogens is 1. The fourth-order valence-corrected chi connectivity index (χ4v) is 3.99. The van der Waals surface area contributed by atoms with Crippen LogP contribution in [0.2, 0.25) is 0 Å². The number of thioether (sulfide) groups is 1. The van der Waals surface area contributed by atoms with Crippen molar-refractivity contribution in [1.29, 1.82) is 0 Å². The molecular formula is C11H14BF4NS2. The highest BCUT2D eigenvalue weighted by molar-refractivity contribution is 8.00. The molecule has 0 atom stereocenters. The standard InChI is InChI=1S/C11H14NS2.BF4/c1-3-12-9-7-5-6-8-10(9)14-11(12)13-4-2;2-1(3,4)5/h5-8H,3-4H2,1-2H3;/q+1;-1. The van der Waals surface area contributed by atoms with Gasteiger partial charge in [0.15, 0.2) is 0 Å². The maximum atomic E-state index is 9.75. The molecule has 1 aromatic heterocycles. The van der Waals surface area contributed by atoms with E-state index in [9.17, 15) is 17.3 Å². The van der Waals surface area contributed by atoms with Crippen molar-refractivity contribution >= 4 is 40.6 Å². The second-order valence-electron chi connectivity index (χ2n) is 3.51. The molecule has 0 amide bonds. The molecule has 0 bridgehead atoms. The molecule has 2 rings (SSSR count). The quantitative estimate of drug-likeness (QED) is 0.346. The fraction of sp³-hybridized carbons (Fsp3) is 0.364. The summed E-state index contributed by atoms with van der Waals surface area (Å²) in [7, 11) is -6.00. The Morgan fingerprint density at radius 2 is 1.74 bits per heavy atom. The summed E-state index contributed by atoms with van der Waals surface area (Å²) in [6, 6.07) is 8.63. The van der Waals surface area contributed by atoms with Crippen LogP contribution in [-0.4, -0.2) is 13.0 Å². The molecule has 1 nitrogen and oxygen atoms in total. The van der Waals surface area contributed by atoms with E-state index in [0.29, 0.717) is 0 Å². The molecule has 1 heterocycles. The molecule has 0 saturated heterocycles. The number of para-hydroxylation sites is 1. The highest BCUT2D eigenvalue weighted by Crippen LogP contribution is 2.27. The molecule has 1 aromatic carbocycles. The predicted octanol–water partition coefficient (Wildman–Crippen LogP) is 4.62. The van der Waals surface area contributed by atoms with Crippen LogP contribution in [-0.2, 0) is 6.54 Å². The van der Waals surface area contributed by atoms with Crippen LogP contribution in [0.15, 0.2) is 28.6 Å². The molecule has 0 aliphatic heterocycles. The number of halogens is 4. The lowest BCUT2D eigenvalue weighted by Crippen LogP contribution is -2.32. The van der Waals surface area contributed by atoms with E-state index in [4.69, 9.17) is 0 Å². The second kappa shape index (κ2) is 7.14. The van der Waals surface area contributed by atoms with Crippen LogP contribution in [0, 0.1) is 0 Å². The third-order valence-electron chi connectivity index (χ3n) is 2.16. The first-order valence-corrected chi connectivity index (χ1v) is 7.58. The molecule has 0 spiro atoms. The van der Waals surface area contributed by atoms with Crippen LogP contribution in [0.1, 0.15) is 13.8 Å². The van der Waals surface area contributed by atoms with Gasteiger partial charge in [0.1, 0.15) is 11.2 Å². The minimum Gasteiger partial charge on any atom is -0.418 e. The molecule has 0 unspecified atom stereocenters. The zero-order chi connectivity index (χ0) is 14.5. The van der Waals surface area contributed by atoms with Gasteiger partial charge in [-0.05, 0) is 24.8 Å². The Hall–Kier alpha value is -0.755. The number of thiazole rings is 1. The zero-order valence-corrected chi connectivity index (χ0v) is 12.2. The van der Waals surface area contributed by atoms with Crippen molar-refractivity contribution < 1.29 is 21.8 Å². The second-order valence-corrected chi connectivity index (χ2v) is 6.05. The van der Waals surface area contributed by atoms with Gasteiger partial charge in [0, 0.05) is 11.8 Å². The molecule has 2 aromatic rings. The lowest BCUT2D eigenvalue weighted by Gasteiger charge is -1.94. The first kappa shape index (κ1) is 16.3. The van der Waals surface area contributed by atoms with Crippen molar-refractivity contribution in [3.63, 3.8) is 0 Å². The third kappa shape index (κ3) is 5.40. The van der Waals surface area contributed by atoms with Gasteiger partial charge < -0.3 is 17.3 Å². The lowest BCUT2D eigenvalue weighted by atomic mass is 10.3. The van der Waals surface area contributed by atoms with E-state index in [1.165, 1.54) is 14.6 Å². The molecule has 0 N–H and O–H groups in total. The summed E-state index contributed by atoms with van der Waals surface area (Å²) in [5, 5.41) is 0. The first-order chi connectivity index (χ1) is 8.86. The van der Waals surface area contributed by atoms with Gasteiger partial charge in [0.05, 0.1) is 0 Å². The molecule has 8 heteroatoms. The molecule has 0 fully saturated rings. The smallest absolute Gasteiger partial charge is 0.418 e. The van der Waals surface area contributed by atoms with Gasteiger partial charge in [-0.25, -0.2) is 0 Å². The topological polar surface area (TPSA) is 3.88 Å². The number of nitrogens with zero attached hydrogens (tertiary/aromatic N) is 1. The van der Waals surface area contributed by atoms with E-state index in [-0.39, 0.29) is 0 Å². The van der Waals surface area contributed by atoms with Gasteiger partial charge in [0.25, 0.3) is 4.34 Å². The first-order valence-electron chi connectivity index (χ1n) is 5.78. The van der Waals surface area contributed by atoms with Crippen molar-refractivity contribution in [1.82, 2.24) is 0 Å². The predicted molar refractivity (Wildman–Crippen MR) is 74.3 cm³/mol. The van der Waals surface area contributed by atoms with Crippen LogP contribution < -0.4 is 4.57 Å². The summed E-state index contributed by atoms with van der Waals surface area (Å²) in [6.45, 7) is 5.47. The molecular weight excluding hydrogens is 297 g/mol. The van der Waals surface area contributed by atoms with Crippen LogP contribution in [0.5, 0.6) is 0 Å². The highest BCUT2D eigenvalue weighted by Gasteiger charge is 2.20. The number of hydrogen-bond acceptors (Lipinski definition) is 2. The van der Waals surface area contributed by atoms with Crippen LogP contribution in [0.3, 0.4) is 0 Å². The molecule has 0 aliphatic rings. The van der Waals surface area contributed by atoms with E-state index in [2.05, 4.69) is 42.7 Å². The summed E-state index contributed by atoms with van der Waals surface area (Å²) >= 11 is 3.83. The number of rotatable bonds is 3. The van der Waals surface area contributed by atoms with E-state index < -0.39 is 7.25 Å². The lowest BCUT2D eigenvalue weighted by molar-refractivity contribution is -0.698. The summed E-state index contributed by atoms with van der Waals surface area (Å²) in [6.07, 6.45) is 0. The maximum absolute atomic E-state index is 9.75. The fourth-order valence-electron chi connectivity index (χ4n) is 1.54. The number of hydrogen-bond donors (Lipinski definition) is 0. The Morgan fingerprint density at radius 1 is 1.16 bits per heavy atom. The number of benzene rings is 1. The normalized spacial score (nSPS) is 11.3. The maximum Gasteiger partial charge on any atom is 0.673 e. The van der Waals surface area contributed by atoms with Crippen LogP contribution in [0.25, 0.3) is 10.2 Å². The van der Waals surface area contributed by atoms with Crippen molar-refractivity contribution in [2.45, 2.75) is 24.7 Å². The molecule has 0 radical (unpaired) electrons. The molecule has 19 heavy (non-hydrogen) atoms. The Labute approximate surface area is 117 Å². The van der Waals surface area contributed by atoms with Crippen LogP contribution >= 0.6 is 23.1 Å². The average molecular weight is 311 g/mol. The van der Waals surface area contributed by atoms with Crippen molar-refractivity contribution in [3.05, 3.63) is 24.3 Å². The van der Waals surface area contributed by atoms with E-state index in [0.717, 1.165) is 12.3 Å². The minimum absolute atomic E-state index is 1.06. The van der Waals surface area contributed by atoms with E-state index in [1.54, 1.807) is 0 Å². The van der Waals surface area contributed by atoms with E-state index in [1.807, 2.05) is 23.1 Å². The Bertz CT molecular complexity index is 521. The number of aryl methyl sites for hydroxylation is 1. The van der Waals surface area contributed by atoms with Crippen molar-refractivity contribution in [2.24, 2.45) is 0 Å². The van der Waals surface area contributed by atoms with Gasteiger partial charge in [-0.15, -0.1) is 0 Å². The van der Waals surface area contributed by atoms with Gasteiger partial charge in [-0.1, -0.05) is 30.4 Å². The Morgan fingerprint density at radius 3 is 2.26 bits per heavy atom. The summed E-state index contributed by atoms with van der Waals surface area (Å²) in [5.41, 5.74) is 1.37. The Kier molecular flexibility index (Phi) is 6.13. The van der Waals surface area contributed by atoms with E-state index >= 15 is 0 Å². The molecule has 106 valence electrons. The third-order valence-corrected chi connectivity index (χ3v) is 4.48. The zero-order valence-electron chi connectivity index (χ0n) is 10.6. The number of fused-ring (bicyclic) bond motifs is 1. The monoisotopic (exact) mass is 311 g/mol. The average Bonchev–Trinajstić information content (AvgIpc) is 2.64. The highest BCUT2D eigenvalue weighted by atomic mass is 32.2. The molecule has 0 saturated carbocycles. The molecule has 0 aliphatic carbocycles. The summed E-state index contributed by atoms with van der Waals surface area (Å²) in [4.78, 5) is 0.